The highest BCUT2D eigenvalue weighted by molar-refractivity contribution is 5.72. The first-order valence-corrected chi connectivity index (χ1v) is 6.76. The predicted molar refractivity (Wildman–Crippen MR) is 79.7 cm³/mol. The molecule has 19 heavy (non-hydrogen) atoms. The van der Waals surface area contributed by atoms with Gasteiger partial charge < -0.3 is 10.1 Å². The molecule has 2 aromatic rings. The van der Waals surface area contributed by atoms with Crippen LogP contribution in [0, 0.1) is 0 Å². The van der Waals surface area contributed by atoms with Crippen molar-refractivity contribution < 1.29 is 4.74 Å². The summed E-state index contributed by atoms with van der Waals surface area (Å²) in [6.45, 7) is 5.21. The van der Waals surface area contributed by atoms with Crippen molar-refractivity contribution in [2.24, 2.45) is 0 Å². The second-order valence-corrected chi connectivity index (χ2v) is 5.62. The lowest BCUT2D eigenvalue weighted by Gasteiger charge is -2.24. The zero-order valence-electron chi connectivity index (χ0n) is 11.4. The molecule has 0 spiro atoms. The third kappa shape index (κ3) is 2.58. The minimum atomic E-state index is -0.105. The molecule has 2 heteroatoms. The van der Waals surface area contributed by atoms with Gasteiger partial charge in [0.15, 0.2) is 0 Å². The summed E-state index contributed by atoms with van der Waals surface area (Å²) in [5.74, 6) is 0.946. The maximum absolute atomic E-state index is 6.07. The molecule has 0 unspecified atom stereocenters. The summed E-state index contributed by atoms with van der Waals surface area (Å²) in [5, 5.41) is 3.47. The summed E-state index contributed by atoms with van der Waals surface area (Å²) in [6, 6.07) is 16.8. The zero-order valence-corrected chi connectivity index (χ0v) is 11.4. The molecule has 1 heterocycles. The molecule has 0 aliphatic carbocycles. The molecule has 0 fully saturated rings. The number of benzene rings is 2. The molecule has 2 aromatic carbocycles. The van der Waals surface area contributed by atoms with Crippen molar-refractivity contribution in [2.45, 2.75) is 25.9 Å². The predicted octanol–water partition coefficient (Wildman–Crippen LogP) is 4.33. The van der Waals surface area contributed by atoms with Crippen molar-refractivity contribution in [1.82, 2.24) is 0 Å². The van der Waals surface area contributed by atoms with Crippen LogP contribution in [-0.2, 0) is 0 Å². The topological polar surface area (TPSA) is 21.3 Å². The monoisotopic (exact) mass is 253 g/mol. The van der Waals surface area contributed by atoms with E-state index in [2.05, 4.69) is 61.6 Å². The summed E-state index contributed by atoms with van der Waals surface area (Å²) in [5.41, 5.74) is 3.43. The largest absolute Gasteiger partial charge is 0.486 e. The van der Waals surface area contributed by atoms with E-state index in [1.807, 2.05) is 6.07 Å². The minimum absolute atomic E-state index is 0.105. The summed E-state index contributed by atoms with van der Waals surface area (Å²) in [7, 11) is 0. The van der Waals surface area contributed by atoms with E-state index < -0.39 is 0 Å². The van der Waals surface area contributed by atoms with Crippen LogP contribution >= 0.6 is 0 Å². The molecule has 1 aliphatic heterocycles. The van der Waals surface area contributed by atoms with Crippen molar-refractivity contribution in [3.05, 3.63) is 48.5 Å². The van der Waals surface area contributed by atoms with E-state index >= 15 is 0 Å². The molecular weight excluding hydrogens is 234 g/mol. The number of rotatable bonds is 1. The molecule has 0 aromatic heterocycles. The highest BCUT2D eigenvalue weighted by atomic mass is 16.5. The third-order valence-corrected chi connectivity index (χ3v) is 3.52. The Bertz CT molecular complexity index is 575. The van der Waals surface area contributed by atoms with Crippen LogP contribution in [0.15, 0.2) is 48.5 Å². The SMILES string of the molecule is CC1(C)CCNc2cc(-c3ccccc3)ccc2O1. The van der Waals surface area contributed by atoms with Gasteiger partial charge in [0, 0.05) is 13.0 Å². The fourth-order valence-corrected chi connectivity index (χ4v) is 2.41. The van der Waals surface area contributed by atoms with Crippen molar-refractivity contribution in [3.8, 4) is 16.9 Å². The molecule has 0 amide bonds. The minimum Gasteiger partial charge on any atom is -0.486 e. The number of hydrogen-bond acceptors (Lipinski definition) is 2. The van der Waals surface area contributed by atoms with Gasteiger partial charge in [-0.2, -0.15) is 0 Å². The van der Waals surface area contributed by atoms with Crippen LogP contribution in [0.5, 0.6) is 5.75 Å². The Kier molecular flexibility index (Phi) is 2.94. The first-order valence-electron chi connectivity index (χ1n) is 6.76. The van der Waals surface area contributed by atoms with Crippen LogP contribution in [-0.4, -0.2) is 12.1 Å². The molecule has 0 bridgehead atoms. The van der Waals surface area contributed by atoms with Crippen LogP contribution in [0.4, 0.5) is 5.69 Å². The smallest absolute Gasteiger partial charge is 0.143 e. The third-order valence-electron chi connectivity index (χ3n) is 3.52. The van der Waals surface area contributed by atoms with E-state index in [0.29, 0.717) is 0 Å². The van der Waals surface area contributed by atoms with Gasteiger partial charge in [-0.1, -0.05) is 36.4 Å². The lowest BCUT2D eigenvalue weighted by Crippen LogP contribution is -2.28. The molecule has 98 valence electrons. The first kappa shape index (κ1) is 12.1. The second-order valence-electron chi connectivity index (χ2n) is 5.62. The van der Waals surface area contributed by atoms with Gasteiger partial charge in [0.05, 0.1) is 5.69 Å². The van der Waals surface area contributed by atoms with Gasteiger partial charge in [-0.25, -0.2) is 0 Å². The lowest BCUT2D eigenvalue weighted by molar-refractivity contribution is 0.108. The number of fused-ring (bicyclic) bond motifs is 1. The van der Waals surface area contributed by atoms with E-state index in [9.17, 15) is 0 Å². The van der Waals surface area contributed by atoms with E-state index in [1.54, 1.807) is 0 Å². The maximum atomic E-state index is 6.07. The molecule has 0 radical (unpaired) electrons. The molecule has 1 aliphatic rings. The summed E-state index contributed by atoms with van der Waals surface area (Å²) in [6.07, 6.45) is 1.00. The molecule has 0 saturated carbocycles. The molecule has 3 rings (SSSR count). The van der Waals surface area contributed by atoms with Crippen LogP contribution in [0.2, 0.25) is 0 Å². The Morgan fingerprint density at radius 3 is 2.58 bits per heavy atom. The van der Waals surface area contributed by atoms with Gasteiger partial charge in [0.25, 0.3) is 0 Å². The van der Waals surface area contributed by atoms with Crippen LogP contribution in [0.1, 0.15) is 20.3 Å². The van der Waals surface area contributed by atoms with Crippen LogP contribution in [0.25, 0.3) is 11.1 Å². The summed E-state index contributed by atoms with van der Waals surface area (Å²) in [4.78, 5) is 0. The van der Waals surface area contributed by atoms with Crippen molar-refractivity contribution >= 4 is 5.69 Å². The van der Waals surface area contributed by atoms with Gasteiger partial charge in [-0.05, 0) is 37.1 Å². The van der Waals surface area contributed by atoms with E-state index in [0.717, 1.165) is 24.4 Å². The van der Waals surface area contributed by atoms with Gasteiger partial charge >= 0.3 is 0 Å². The van der Waals surface area contributed by atoms with Gasteiger partial charge in [0.2, 0.25) is 0 Å². The fourth-order valence-electron chi connectivity index (χ4n) is 2.41. The highest BCUT2D eigenvalue weighted by Crippen LogP contribution is 2.35. The number of nitrogens with one attached hydrogen (secondary N) is 1. The highest BCUT2D eigenvalue weighted by Gasteiger charge is 2.24. The Hall–Kier alpha value is -1.96. The lowest BCUT2D eigenvalue weighted by atomic mass is 10.0. The van der Waals surface area contributed by atoms with Gasteiger partial charge in [-0.15, -0.1) is 0 Å². The van der Waals surface area contributed by atoms with E-state index in [-0.39, 0.29) is 5.60 Å². The number of anilines is 1. The Balaban J connectivity index is 1.99. The second kappa shape index (κ2) is 4.61. The van der Waals surface area contributed by atoms with Crippen molar-refractivity contribution in [2.75, 3.05) is 11.9 Å². The quantitative estimate of drug-likeness (QED) is 0.817. The molecule has 0 saturated heterocycles. The molecular formula is C17H19NO. The number of ether oxygens (including phenoxy) is 1. The fraction of sp³-hybridized carbons (Fsp3) is 0.294. The van der Waals surface area contributed by atoms with Crippen molar-refractivity contribution in [1.29, 1.82) is 0 Å². The van der Waals surface area contributed by atoms with Crippen molar-refractivity contribution in [3.63, 3.8) is 0 Å². The summed E-state index contributed by atoms with van der Waals surface area (Å²) < 4.78 is 6.07. The maximum Gasteiger partial charge on any atom is 0.143 e. The molecule has 1 N–H and O–H groups in total. The Morgan fingerprint density at radius 1 is 1.00 bits per heavy atom. The van der Waals surface area contributed by atoms with Gasteiger partial charge in [-0.3, -0.25) is 0 Å². The average Bonchev–Trinajstić information content (AvgIpc) is 2.56. The molecule has 2 nitrogen and oxygen atoms in total. The summed E-state index contributed by atoms with van der Waals surface area (Å²) >= 11 is 0. The zero-order chi connectivity index (χ0) is 13.3. The normalized spacial score (nSPS) is 16.7. The standard InChI is InChI=1S/C17H19NO/c1-17(2)10-11-18-15-12-14(8-9-16(15)19-17)13-6-4-3-5-7-13/h3-9,12,18H,10-11H2,1-2H3. The van der Waals surface area contributed by atoms with Crippen LogP contribution < -0.4 is 10.1 Å². The number of hydrogen-bond donors (Lipinski definition) is 1. The van der Waals surface area contributed by atoms with E-state index in [1.165, 1.54) is 11.1 Å². The Morgan fingerprint density at radius 2 is 1.79 bits per heavy atom. The Labute approximate surface area is 114 Å². The first-order chi connectivity index (χ1) is 9.14. The van der Waals surface area contributed by atoms with Gasteiger partial charge in [0.1, 0.15) is 11.4 Å². The van der Waals surface area contributed by atoms with E-state index in [4.69, 9.17) is 4.74 Å². The average molecular weight is 253 g/mol. The molecule has 0 atom stereocenters. The van der Waals surface area contributed by atoms with Crippen LogP contribution in [0.3, 0.4) is 0 Å².